The van der Waals surface area contributed by atoms with E-state index in [4.69, 9.17) is 4.42 Å². The molecule has 18 heavy (non-hydrogen) atoms. The van der Waals surface area contributed by atoms with Gasteiger partial charge in [0.25, 0.3) is 0 Å². The van der Waals surface area contributed by atoms with E-state index in [1.54, 1.807) is 0 Å². The van der Waals surface area contributed by atoms with Crippen LogP contribution < -0.4 is 0 Å². The summed E-state index contributed by atoms with van der Waals surface area (Å²) in [6.45, 7) is 8.23. The van der Waals surface area contributed by atoms with Gasteiger partial charge in [-0.2, -0.15) is 0 Å². The van der Waals surface area contributed by atoms with E-state index in [0.717, 1.165) is 36.3 Å². The molecule has 2 rings (SSSR count). The molecular weight excluding hydrogens is 224 g/mol. The summed E-state index contributed by atoms with van der Waals surface area (Å²) in [4.78, 5) is 12.9. The average Bonchev–Trinajstić information content (AvgIpc) is 2.84. The van der Waals surface area contributed by atoms with Crippen molar-refractivity contribution < 1.29 is 9.21 Å². The van der Waals surface area contributed by atoms with E-state index in [-0.39, 0.29) is 5.41 Å². The SMILES string of the molecule is Cc1cc(C(=O)C2(CC(C)C)CCCC2)c(C)o1. The molecule has 0 bridgehead atoms. The molecule has 0 aromatic carbocycles. The maximum Gasteiger partial charge on any atom is 0.172 e. The zero-order valence-corrected chi connectivity index (χ0v) is 12.0. The van der Waals surface area contributed by atoms with Crippen molar-refractivity contribution in [3.8, 4) is 0 Å². The summed E-state index contributed by atoms with van der Waals surface area (Å²) in [5, 5.41) is 0. The van der Waals surface area contributed by atoms with Crippen LogP contribution in [-0.2, 0) is 0 Å². The monoisotopic (exact) mass is 248 g/mol. The van der Waals surface area contributed by atoms with Crippen LogP contribution in [0.25, 0.3) is 0 Å². The minimum atomic E-state index is -0.116. The molecule has 0 aliphatic heterocycles. The Balaban J connectivity index is 2.31. The van der Waals surface area contributed by atoms with Crippen LogP contribution in [0.5, 0.6) is 0 Å². The van der Waals surface area contributed by atoms with Crippen LogP contribution >= 0.6 is 0 Å². The lowest BCUT2D eigenvalue weighted by Gasteiger charge is -2.29. The predicted molar refractivity (Wildman–Crippen MR) is 72.9 cm³/mol. The number of ketones is 1. The van der Waals surface area contributed by atoms with Crippen molar-refractivity contribution in [2.75, 3.05) is 0 Å². The Morgan fingerprint density at radius 1 is 1.33 bits per heavy atom. The molecule has 2 heteroatoms. The summed E-state index contributed by atoms with van der Waals surface area (Å²) in [6, 6.07) is 1.91. The second-order valence-corrected chi connectivity index (χ2v) is 6.24. The minimum absolute atomic E-state index is 0.116. The number of rotatable bonds is 4. The molecule has 0 saturated heterocycles. The highest BCUT2D eigenvalue weighted by Crippen LogP contribution is 2.46. The van der Waals surface area contributed by atoms with Crippen molar-refractivity contribution in [2.45, 2.75) is 59.8 Å². The highest BCUT2D eigenvalue weighted by Gasteiger charge is 2.42. The first-order valence-corrected chi connectivity index (χ1v) is 7.06. The van der Waals surface area contributed by atoms with E-state index >= 15 is 0 Å². The van der Waals surface area contributed by atoms with Crippen molar-refractivity contribution in [3.63, 3.8) is 0 Å². The number of Topliss-reactive ketones (excluding diaryl/α,β-unsaturated/α-hetero) is 1. The average molecular weight is 248 g/mol. The lowest BCUT2D eigenvalue weighted by molar-refractivity contribution is 0.0758. The van der Waals surface area contributed by atoms with Crippen LogP contribution in [0.2, 0.25) is 0 Å². The van der Waals surface area contributed by atoms with Gasteiger partial charge in [-0.05, 0) is 45.1 Å². The van der Waals surface area contributed by atoms with E-state index in [2.05, 4.69) is 13.8 Å². The molecule has 1 aliphatic rings. The maximum atomic E-state index is 12.9. The van der Waals surface area contributed by atoms with Crippen LogP contribution in [0.4, 0.5) is 0 Å². The van der Waals surface area contributed by atoms with Gasteiger partial charge in [0.1, 0.15) is 11.5 Å². The van der Waals surface area contributed by atoms with E-state index in [9.17, 15) is 4.79 Å². The molecule has 1 aromatic heterocycles. The van der Waals surface area contributed by atoms with Gasteiger partial charge >= 0.3 is 0 Å². The Morgan fingerprint density at radius 3 is 2.39 bits per heavy atom. The second-order valence-electron chi connectivity index (χ2n) is 6.24. The molecule has 0 radical (unpaired) electrons. The molecule has 1 saturated carbocycles. The van der Waals surface area contributed by atoms with Gasteiger partial charge in [0, 0.05) is 5.41 Å². The largest absolute Gasteiger partial charge is 0.466 e. The van der Waals surface area contributed by atoms with Crippen molar-refractivity contribution in [1.82, 2.24) is 0 Å². The van der Waals surface area contributed by atoms with Gasteiger partial charge in [-0.25, -0.2) is 0 Å². The number of hydrogen-bond acceptors (Lipinski definition) is 2. The summed E-state index contributed by atoms with van der Waals surface area (Å²) in [7, 11) is 0. The molecule has 0 amide bonds. The van der Waals surface area contributed by atoms with Gasteiger partial charge in [-0.15, -0.1) is 0 Å². The summed E-state index contributed by atoms with van der Waals surface area (Å²) < 4.78 is 5.52. The fourth-order valence-corrected chi connectivity index (χ4v) is 3.50. The van der Waals surface area contributed by atoms with E-state index < -0.39 is 0 Å². The van der Waals surface area contributed by atoms with E-state index in [0.29, 0.717) is 11.7 Å². The first-order chi connectivity index (χ1) is 8.44. The summed E-state index contributed by atoms with van der Waals surface area (Å²) in [5.74, 6) is 2.52. The first kappa shape index (κ1) is 13.4. The standard InChI is InChI=1S/C16H24O2/c1-11(2)10-16(7-5-6-8-16)15(17)14-9-12(3)18-13(14)4/h9,11H,5-8,10H2,1-4H3. The third-order valence-electron chi connectivity index (χ3n) is 4.13. The Bertz CT molecular complexity index is 434. The number of hydrogen-bond donors (Lipinski definition) is 0. The van der Waals surface area contributed by atoms with Gasteiger partial charge < -0.3 is 4.42 Å². The third kappa shape index (κ3) is 2.38. The van der Waals surface area contributed by atoms with Gasteiger partial charge in [0.05, 0.1) is 5.56 Å². The molecule has 1 aromatic rings. The Morgan fingerprint density at radius 2 is 1.94 bits per heavy atom. The third-order valence-corrected chi connectivity index (χ3v) is 4.13. The second kappa shape index (κ2) is 4.91. The molecule has 0 spiro atoms. The quantitative estimate of drug-likeness (QED) is 0.724. The highest BCUT2D eigenvalue weighted by atomic mass is 16.3. The molecule has 1 heterocycles. The molecule has 1 fully saturated rings. The van der Waals surface area contributed by atoms with Gasteiger partial charge in [0.15, 0.2) is 5.78 Å². The van der Waals surface area contributed by atoms with Crippen LogP contribution in [0.3, 0.4) is 0 Å². The predicted octanol–water partition coefficient (Wildman–Crippen LogP) is 4.69. The molecule has 0 unspecified atom stereocenters. The van der Waals surface area contributed by atoms with E-state index in [1.807, 2.05) is 19.9 Å². The Hall–Kier alpha value is -1.05. The first-order valence-electron chi connectivity index (χ1n) is 7.06. The van der Waals surface area contributed by atoms with Crippen LogP contribution in [0, 0.1) is 25.2 Å². The van der Waals surface area contributed by atoms with Gasteiger partial charge in [-0.3, -0.25) is 4.79 Å². The smallest absolute Gasteiger partial charge is 0.172 e. The summed E-state index contributed by atoms with van der Waals surface area (Å²) in [6.07, 6.45) is 5.49. The Labute approximate surface area is 110 Å². The number of aryl methyl sites for hydroxylation is 2. The molecular formula is C16H24O2. The molecule has 1 aliphatic carbocycles. The zero-order valence-electron chi connectivity index (χ0n) is 12.0. The van der Waals surface area contributed by atoms with Crippen LogP contribution in [-0.4, -0.2) is 5.78 Å². The van der Waals surface area contributed by atoms with Crippen LogP contribution in [0.1, 0.15) is 67.8 Å². The maximum absolute atomic E-state index is 12.9. The van der Waals surface area contributed by atoms with Gasteiger partial charge in [-0.1, -0.05) is 26.7 Å². The molecule has 2 nitrogen and oxygen atoms in total. The van der Waals surface area contributed by atoms with Crippen molar-refractivity contribution in [1.29, 1.82) is 0 Å². The lowest BCUT2D eigenvalue weighted by Crippen LogP contribution is -2.30. The topological polar surface area (TPSA) is 30.2 Å². The van der Waals surface area contributed by atoms with Crippen molar-refractivity contribution >= 4 is 5.78 Å². The number of carbonyl (C=O) groups is 1. The summed E-state index contributed by atoms with van der Waals surface area (Å²) >= 11 is 0. The lowest BCUT2D eigenvalue weighted by atomic mass is 9.73. The fraction of sp³-hybridized carbons (Fsp3) is 0.688. The summed E-state index contributed by atoms with van der Waals surface area (Å²) in [5.41, 5.74) is 0.699. The highest BCUT2D eigenvalue weighted by molar-refractivity contribution is 6.01. The molecule has 0 atom stereocenters. The number of carbonyl (C=O) groups excluding carboxylic acids is 1. The zero-order chi connectivity index (χ0) is 13.3. The van der Waals surface area contributed by atoms with E-state index in [1.165, 1.54) is 12.8 Å². The van der Waals surface area contributed by atoms with Crippen LogP contribution in [0.15, 0.2) is 10.5 Å². The minimum Gasteiger partial charge on any atom is -0.466 e. The van der Waals surface area contributed by atoms with Gasteiger partial charge in [0.2, 0.25) is 0 Å². The molecule has 100 valence electrons. The Kier molecular flexibility index (Phi) is 3.65. The number of furan rings is 1. The van der Waals surface area contributed by atoms with Crippen molar-refractivity contribution in [2.24, 2.45) is 11.3 Å². The normalized spacial score (nSPS) is 18.5. The molecule has 0 N–H and O–H groups in total. The van der Waals surface area contributed by atoms with Crippen molar-refractivity contribution in [3.05, 3.63) is 23.2 Å². The fourth-order valence-electron chi connectivity index (χ4n) is 3.50.